The molecule has 0 bridgehead atoms. The molecule has 7 nitrogen and oxygen atoms in total. The van der Waals surface area contributed by atoms with Gasteiger partial charge in [0.15, 0.2) is 0 Å². The summed E-state index contributed by atoms with van der Waals surface area (Å²) in [6.45, 7) is 5.12. The van der Waals surface area contributed by atoms with E-state index >= 15 is 0 Å². The number of aliphatic hydroxyl groups excluding tert-OH is 1. The fourth-order valence-electron chi connectivity index (χ4n) is 3.40. The van der Waals surface area contributed by atoms with Gasteiger partial charge in [0.05, 0.1) is 19.1 Å². The van der Waals surface area contributed by atoms with E-state index in [1.54, 1.807) is 54.3 Å². The van der Waals surface area contributed by atoms with Gasteiger partial charge in [-0.05, 0) is 62.1 Å². The number of piperidine rings is 1. The molecular formula is C22H28N2O5S. The number of likely N-dealkylation sites (tertiary alicyclic amines) is 1. The fraction of sp³-hybridized carbons (Fsp3) is 0.409. The zero-order valence-electron chi connectivity index (χ0n) is 17.3. The van der Waals surface area contributed by atoms with E-state index in [2.05, 4.69) is 4.72 Å². The first-order valence-electron chi connectivity index (χ1n) is 10.1. The van der Waals surface area contributed by atoms with Crippen molar-refractivity contribution in [3.05, 3.63) is 53.6 Å². The quantitative estimate of drug-likeness (QED) is 0.701. The molecule has 1 amide bonds. The highest BCUT2D eigenvalue weighted by Crippen LogP contribution is 2.27. The lowest BCUT2D eigenvalue weighted by Crippen LogP contribution is -2.40. The average Bonchev–Trinajstić information content (AvgIpc) is 2.71. The lowest BCUT2D eigenvalue weighted by Gasteiger charge is -2.29. The van der Waals surface area contributed by atoms with Gasteiger partial charge >= 0.3 is 0 Å². The summed E-state index contributed by atoms with van der Waals surface area (Å²) in [6.07, 6.45) is 1.14. The van der Waals surface area contributed by atoms with Crippen LogP contribution in [0.5, 0.6) is 5.75 Å². The Bertz CT molecular complexity index is 981. The van der Waals surface area contributed by atoms with Crippen molar-refractivity contribution >= 4 is 21.6 Å². The molecule has 0 unspecified atom stereocenters. The normalized spacial score (nSPS) is 15.1. The zero-order valence-corrected chi connectivity index (χ0v) is 18.1. The van der Waals surface area contributed by atoms with Gasteiger partial charge in [-0.2, -0.15) is 0 Å². The predicted molar refractivity (Wildman–Crippen MR) is 115 cm³/mol. The highest BCUT2D eigenvalue weighted by Gasteiger charge is 2.22. The first-order valence-corrected chi connectivity index (χ1v) is 11.6. The molecule has 162 valence electrons. The second-order valence-corrected chi connectivity index (χ2v) is 9.13. The first kappa shape index (κ1) is 22.1. The van der Waals surface area contributed by atoms with Crippen molar-refractivity contribution in [2.45, 2.75) is 44.1 Å². The van der Waals surface area contributed by atoms with Crippen LogP contribution in [0, 0.1) is 6.92 Å². The van der Waals surface area contributed by atoms with Crippen molar-refractivity contribution < 1.29 is 23.1 Å². The van der Waals surface area contributed by atoms with Gasteiger partial charge in [-0.25, -0.2) is 8.42 Å². The van der Waals surface area contributed by atoms with E-state index in [1.165, 1.54) is 0 Å². The summed E-state index contributed by atoms with van der Waals surface area (Å²) in [7, 11) is -3.82. The van der Waals surface area contributed by atoms with Crippen LogP contribution in [0.4, 0.5) is 5.69 Å². The lowest BCUT2D eigenvalue weighted by molar-refractivity contribution is -0.132. The van der Waals surface area contributed by atoms with Gasteiger partial charge < -0.3 is 14.7 Å². The van der Waals surface area contributed by atoms with Gasteiger partial charge in [0, 0.05) is 18.8 Å². The minimum atomic E-state index is -3.82. The third-order valence-electron chi connectivity index (χ3n) is 5.07. The lowest BCUT2D eigenvalue weighted by atomic mass is 10.1. The number of hydrogen-bond acceptors (Lipinski definition) is 5. The molecule has 30 heavy (non-hydrogen) atoms. The molecule has 1 heterocycles. The molecule has 0 aromatic heterocycles. The van der Waals surface area contributed by atoms with Gasteiger partial charge in [-0.3, -0.25) is 9.52 Å². The molecule has 0 aliphatic carbocycles. The molecule has 1 saturated heterocycles. The first-order chi connectivity index (χ1) is 14.3. The standard InChI is InChI=1S/C22H28N2O5S/c1-3-29-20-9-4-16(2)14-21(20)30(27,28)23-18-7-5-17(6-8-18)15-22(26)24-12-10-19(25)11-13-24/h4-9,14,19,23,25H,3,10-13,15H2,1-2H3. The molecule has 1 aliphatic heterocycles. The maximum atomic E-state index is 12.9. The van der Waals surface area contributed by atoms with Crippen molar-refractivity contribution in [3.8, 4) is 5.75 Å². The van der Waals surface area contributed by atoms with E-state index in [4.69, 9.17) is 4.74 Å². The molecule has 0 atom stereocenters. The Kier molecular flexibility index (Phi) is 6.99. The Morgan fingerprint density at radius 1 is 1.17 bits per heavy atom. The van der Waals surface area contributed by atoms with Crippen LogP contribution < -0.4 is 9.46 Å². The summed E-state index contributed by atoms with van der Waals surface area (Å²) in [5.41, 5.74) is 2.04. The Morgan fingerprint density at radius 3 is 2.47 bits per heavy atom. The van der Waals surface area contributed by atoms with Crippen LogP contribution in [0.3, 0.4) is 0 Å². The highest BCUT2D eigenvalue weighted by molar-refractivity contribution is 7.92. The zero-order chi connectivity index (χ0) is 21.7. The second kappa shape index (κ2) is 9.49. The molecular weight excluding hydrogens is 404 g/mol. The number of aryl methyl sites for hydroxylation is 1. The molecule has 2 aromatic carbocycles. The molecule has 0 radical (unpaired) electrons. The number of benzene rings is 2. The van der Waals surface area contributed by atoms with Crippen LogP contribution in [-0.2, 0) is 21.2 Å². The van der Waals surface area contributed by atoms with Gasteiger partial charge in [-0.15, -0.1) is 0 Å². The molecule has 3 rings (SSSR count). The summed E-state index contributed by atoms with van der Waals surface area (Å²) in [5.74, 6) is 0.320. The molecule has 2 aromatic rings. The summed E-state index contributed by atoms with van der Waals surface area (Å²) < 4.78 is 33.8. The monoisotopic (exact) mass is 432 g/mol. The molecule has 2 N–H and O–H groups in total. The number of sulfonamides is 1. The van der Waals surface area contributed by atoms with Crippen molar-refractivity contribution in [3.63, 3.8) is 0 Å². The van der Waals surface area contributed by atoms with Crippen molar-refractivity contribution in [1.29, 1.82) is 0 Å². The van der Waals surface area contributed by atoms with E-state index in [9.17, 15) is 18.3 Å². The van der Waals surface area contributed by atoms with Gasteiger partial charge in [0.1, 0.15) is 10.6 Å². The number of rotatable bonds is 7. The number of carbonyl (C=O) groups excluding carboxylic acids is 1. The Morgan fingerprint density at radius 2 is 1.83 bits per heavy atom. The number of nitrogens with zero attached hydrogens (tertiary/aromatic N) is 1. The van der Waals surface area contributed by atoms with E-state index in [0.29, 0.717) is 44.0 Å². The largest absolute Gasteiger partial charge is 0.492 e. The van der Waals surface area contributed by atoms with E-state index in [-0.39, 0.29) is 23.3 Å². The summed E-state index contributed by atoms with van der Waals surface area (Å²) in [4.78, 5) is 14.3. The van der Waals surface area contributed by atoms with Crippen LogP contribution in [0.1, 0.15) is 30.9 Å². The Hall–Kier alpha value is -2.58. The maximum absolute atomic E-state index is 12.9. The highest BCUT2D eigenvalue weighted by atomic mass is 32.2. The molecule has 1 aliphatic rings. The number of aliphatic hydroxyl groups is 1. The molecule has 1 fully saturated rings. The fourth-order valence-corrected chi connectivity index (χ4v) is 4.69. The number of hydrogen-bond donors (Lipinski definition) is 2. The molecule has 0 saturated carbocycles. The number of carbonyl (C=O) groups is 1. The third-order valence-corrected chi connectivity index (χ3v) is 6.47. The minimum absolute atomic E-state index is 0.0105. The SMILES string of the molecule is CCOc1ccc(C)cc1S(=O)(=O)Nc1ccc(CC(=O)N2CCC(O)CC2)cc1. The predicted octanol–water partition coefficient (Wildman–Crippen LogP) is 2.72. The van der Waals surface area contributed by atoms with Crippen molar-refractivity contribution in [1.82, 2.24) is 4.90 Å². The second-order valence-electron chi connectivity index (χ2n) is 7.47. The Labute approximate surface area is 177 Å². The van der Waals surface area contributed by atoms with E-state index in [0.717, 1.165) is 11.1 Å². The van der Waals surface area contributed by atoms with E-state index in [1.807, 2.05) is 6.92 Å². The average molecular weight is 433 g/mol. The number of nitrogens with one attached hydrogen (secondary N) is 1. The van der Waals surface area contributed by atoms with Crippen LogP contribution in [-0.4, -0.2) is 50.1 Å². The maximum Gasteiger partial charge on any atom is 0.265 e. The van der Waals surface area contributed by atoms with Crippen molar-refractivity contribution in [2.24, 2.45) is 0 Å². The van der Waals surface area contributed by atoms with Crippen LogP contribution in [0.25, 0.3) is 0 Å². The van der Waals surface area contributed by atoms with Crippen LogP contribution in [0.15, 0.2) is 47.4 Å². The van der Waals surface area contributed by atoms with Crippen LogP contribution >= 0.6 is 0 Å². The smallest absolute Gasteiger partial charge is 0.265 e. The van der Waals surface area contributed by atoms with Gasteiger partial charge in [-0.1, -0.05) is 18.2 Å². The summed E-state index contributed by atoms with van der Waals surface area (Å²) in [6, 6.07) is 11.8. The minimum Gasteiger partial charge on any atom is -0.492 e. The topological polar surface area (TPSA) is 95.9 Å². The van der Waals surface area contributed by atoms with Crippen LogP contribution in [0.2, 0.25) is 0 Å². The molecule has 8 heteroatoms. The number of anilines is 1. The van der Waals surface area contributed by atoms with Gasteiger partial charge in [0.2, 0.25) is 5.91 Å². The number of amides is 1. The third kappa shape index (κ3) is 5.52. The van der Waals surface area contributed by atoms with Crippen molar-refractivity contribution in [2.75, 3.05) is 24.4 Å². The van der Waals surface area contributed by atoms with E-state index < -0.39 is 10.0 Å². The Balaban J connectivity index is 1.68. The number of ether oxygens (including phenoxy) is 1. The molecule has 0 spiro atoms. The summed E-state index contributed by atoms with van der Waals surface area (Å²) in [5, 5.41) is 9.56. The van der Waals surface area contributed by atoms with Gasteiger partial charge in [0.25, 0.3) is 10.0 Å². The summed E-state index contributed by atoms with van der Waals surface area (Å²) >= 11 is 0.